The maximum Gasteiger partial charge on any atom is 0.413 e. The highest BCUT2D eigenvalue weighted by Gasteiger charge is 2.20. The molecule has 0 aliphatic heterocycles. The van der Waals surface area contributed by atoms with Gasteiger partial charge in [-0.15, -0.1) is 0 Å². The van der Waals surface area contributed by atoms with E-state index >= 15 is 0 Å². The fourth-order valence-corrected chi connectivity index (χ4v) is 3.59. The van der Waals surface area contributed by atoms with Crippen molar-refractivity contribution in [1.82, 2.24) is 9.62 Å². The van der Waals surface area contributed by atoms with Crippen molar-refractivity contribution in [1.29, 1.82) is 0 Å². The van der Waals surface area contributed by atoms with E-state index in [2.05, 4.69) is 4.74 Å². The van der Waals surface area contributed by atoms with Gasteiger partial charge < -0.3 is 9.47 Å². The second-order valence-corrected chi connectivity index (χ2v) is 7.31. The molecule has 1 rings (SSSR count). The monoisotopic (exact) mass is 412 g/mol. The lowest BCUT2D eigenvalue weighted by molar-refractivity contribution is -0.143. The van der Waals surface area contributed by atoms with Crippen molar-refractivity contribution in [3.63, 3.8) is 0 Å². The maximum atomic E-state index is 12.4. The Bertz CT molecular complexity index is 813. The van der Waals surface area contributed by atoms with Crippen molar-refractivity contribution < 1.29 is 32.3 Å². The molecule has 9 nitrogen and oxygen atoms in total. The smallest absolute Gasteiger partial charge is 0.413 e. The van der Waals surface area contributed by atoms with Crippen LogP contribution in [0.15, 0.2) is 35.2 Å². The predicted octanol–water partition coefficient (Wildman–Crippen LogP) is 1.55. The highest BCUT2D eigenvalue weighted by molar-refractivity contribution is 7.89. The van der Waals surface area contributed by atoms with Gasteiger partial charge in [0.2, 0.25) is 10.0 Å². The standard InChI is InChI=1S/C18H24N2O7S/c1-4-20(5-2)28(24,25)15-10-7-14(8-11-15)9-12-17(22)27-13-16(21)19-18(23)26-6-3/h7-12H,4-6,13H2,1-3H3,(H,19,21,23)/b12-9+. The van der Waals surface area contributed by atoms with Crippen LogP contribution < -0.4 is 5.32 Å². The number of carbonyl (C=O) groups is 3. The number of ether oxygens (including phenoxy) is 2. The van der Waals surface area contributed by atoms with Gasteiger partial charge >= 0.3 is 12.1 Å². The number of alkyl carbamates (subject to hydrolysis) is 1. The number of rotatable bonds is 9. The van der Waals surface area contributed by atoms with Crippen LogP contribution in [0, 0.1) is 0 Å². The fraction of sp³-hybridized carbons (Fsp3) is 0.389. The third-order valence-corrected chi connectivity index (χ3v) is 5.56. The molecule has 0 radical (unpaired) electrons. The van der Waals surface area contributed by atoms with Crippen molar-refractivity contribution in [3.05, 3.63) is 35.9 Å². The van der Waals surface area contributed by atoms with E-state index in [-0.39, 0.29) is 11.5 Å². The first-order valence-electron chi connectivity index (χ1n) is 8.66. The summed E-state index contributed by atoms with van der Waals surface area (Å²) in [6.45, 7) is 5.32. The van der Waals surface area contributed by atoms with E-state index < -0.39 is 34.6 Å². The second-order valence-electron chi connectivity index (χ2n) is 5.37. The largest absolute Gasteiger partial charge is 0.452 e. The van der Waals surface area contributed by atoms with E-state index in [9.17, 15) is 22.8 Å². The van der Waals surface area contributed by atoms with Crippen LogP contribution in [0.3, 0.4) is 0 Å². The summed E-state index contributed by atoms with van der Waals surface area (Å²) in [5.74, 6) is -1.61. The van der Waals surface area contributed by atoms with Crippen LogP contribution in [0.25, 0.3) is 6.08 Å². The molecule has 0 saturated heterocycles. The van der Waals surface area contributed by atoms with Gasteiger partial charge in [0.1, 0.15) is 0 Å². The van der Waals surface area contributed by atoms with Gasteiger partial charge in [-0.3, -0.25) is 10.1 Å². The van der Waals surface area contributed by atoms with Crippen molar-refractivity contribution in [2.45, 2.75) is 25.7 Å². The molecule has 2 amide bonds. The van der Waals surface area contributed by atoms with Crippen molar-refractivity contribution in [3.8, 4) is 0 Å². The lowest BCUT2D eigenvalue weighted by Gasteiger charge is -2.18. The SMILES string of the molecule is CCOC(=O)NC(=O)COC(=O)/C=C/c1ccc(S(=O)(=O)N(CC)CC)cc1. The van der Waals surface area contributed by atoms with E-state index in [4.69, 9.17) is 4.74 Å². The number of sulfonamides is 1. The first-order valence-corrected chi connectivity index (χ1v) is 10.1. The van der Waals surface area contributed by atoms with Crippen molar-refractivity contribution in [2.75, 3.05) is 26.3 Å². The average molecular weight is 412 g/mol. The molecule has 10 heteroatoms. The van der Waals surface area contributed by atoms with Crippen LogP contribution >= 0.6 is 0 Å². The van der Waals surface area contributed by atoms with E-state index in [0.717, 1.165) is 6.08 Å². The summed E-state index contributed by atoms with van der Waals surface area (Å²) in [7, 11) is -3.55. The zero-order chi connectivity index (χ0) is 21.2. The number of benzene rings is 1. The highest BCUT2D eigenvalue weighted by atomic mass is 32.2. The number of hydrogen-bond acceptors (Lipinski definition) is 7. The quantitative estimate of drug-likeness (QED) is 0.483. The molecule has 0 aliphatic carbocycles. The Morgan fingerprint density at radius 1 is 1.04 bits per heavy atom. The van der Waals surface area contributed by atoms with E-state index in [1.807, 2.05) is 5.32 Å². The Morgan fingerprint density at radius 3 is 2.18 bits per heavy atom. The zero-order valence-corrected chi connectivity index (χ0v) is 16.8. The summed E-state index contributed by atoms with van der Waals surface area (Å²) >= 11 is 0. The van der Waals surface area contributed by atoms with Gasteiger partial charge in [-0.2, -0.15) is 4.31 Å². The Hall–Kier alpha value is -2.72. The molecule has 28 heavy (non-hydrogen) atoms. The van der Waals surface area contributed by atoms with Crippen molar-refractivity contribution >= 4 is 34.1 Å². The van der Waals surface area contributed by atoms with E-state index in [1.165, 1.54) is 22.5 Å². The van der Waals surface area contributed by atoms with Gasteiger partial charge in [0.05, 0.1) is 11.5 Å². The molecule has 0 aliphatic rings. The first kappa shape index (κ1) is 23.3. The number of carbonyl (C=O) groups excluding carboxylic acids is 3. The second kappa shape index (κ2) is 11.2. The van der Waals surface area contributed by atoms with Crippen LogP contribution in [0.2, 0.25) is 0 Å². The van der Waals surface area contributed by atoms with Gasteiger partial charge in [-0.1, -0.05) is 26.0 Å². The third-order valence-electron chi connectivity index (χ3n) is 3.50. The normalized spacial score (nSPS) is 11.4. The van der Waals surface area contributed by atoms with Crippen LogP contribution in [-0.2, 0) is 29.1 Å². The summed E-state index contributed by atoms with van der Waals surface area (Å²) < 4.78 is 35.4. The Kier molecular flexibility index (Phi) is 9.33. The number of nitrogens with zero attached hydrogens (tertiary/aromatic N) is 1. The molecule has 0 unspecified atom stereocenters. The van der Waals surface area contributed by atoms with Gasteiger partial charge in [0, 0.05) is 19.2 Å². The minimum atomic E-state index is -3.55. The van der Waals surface area contributed by atoms with Gasteiger partial charge in [0.25, 0.3) is 5.91 Å². The summed E-state index contributed by atoms with van der Waals surface area (Å²) in [5.41, 5.74) is 0.575. The van der Waals surface area contributed by atoms with Gasteiger partial charge in [0.15, 0.2) is 6.61 Å². The molecular weight excluding hydrogens is 388 g/mol. The Labute approximate surface area is 164 Å². The molecule has 0 atom stereocenters. The van der Waals surface area contributed by atoms with Crippen LogP contribution in [-0.4, -0.2) is 57.0 Å². The van der Waals surface area contributed by atoms with E-state index in [1.54, 1.807) is 32.9 Å². The molecule has 1 aromatic carbocycles. The predicted molar refractivity (Wildman–Crippen MR) is 102 cm³/mol. The van der Waals surface area contributed by atoms with Crippen LogP contribution in [0.4, 0.5) is 4.79 Å². The maximum absolute atomic E-state index is 12.4. The summed E-state index contributed by atoms with van der Waals surface area (Å²) in [5, 5.41) is 1.89. The third kappa shape index (κ3) is 7.12. The molecular formula is C18H24N2O7S. The zero-order valence-electron chi connectivity index (χ0n) is 16.0. The molecule has 0 bridgehead atoms. The number of amides is 2. The molecule has 0 fully saturated rings. The fourth-order valence-electron chi connectivity index (χ4n) is 2.13. The summed E-state index contributed by atoms with van der Waals surface area (Å²) in [4.78, 5) is 34.2. The number of nitrogens with one attached hydrogen (secondary N) is 1. The van der Waals surface area contributed by atoms with Gasteiger partial charge in [-0.25, -0.2) is 18.0 Å². The number of esters is 1. The minimum Gasteiger partial charge on any atom is -0.452 e. The topological polar surface area (TPSA) is 119 Å². The number of imide groups is 1. The van der Waals surface area contributed by atoms with Crippen LogP contribution in [0.1, 0.15) is 26.3 Å². The minimum absolute atomic E-state index is 0.108. The van der Waals surface area contributed by atoms with Crippen molar-refractivity contribution in [2.24, 2.45) is 0 Å². The molecule has 0 spiro atoms. The molecule has 154 valence electrons. The lowest BCUT2D eigenvalue weighted by atomic mass is 10.2. The molecule has 0 heterocycles. The lowest BCUT2D eigenvalue weighted by Crippen LogP contribution is -2.34. The van der Waals surface area contributed by atoms with Gasteiger partial charge in [-0.05, 0) is 30.7 Å². The average Bonchev–Trinajstić information content (AvgIpc) is 2.66. The highest BCUT2D eigenvalue weighted by Crippen LogP contribution is 2.16. The summed E-state index contributed by atoms with van der Waals surface area (Å²) in [6.07, 6.45) is 1.59. The van der Waals surface area contributed by atoms with E-state index in [0.29, 0.717) is 18.7 Å². The number of hydrogen-bond donors (Lipinski definition) is 1. The Morgan fingerprint density at radius 2 is 1.64 bits per heavy atom. The first-order chi connectivity index (χ1) is 13.2. The van der Waals surface area contributed by atoms with Crippen LogP contribution in [0.5, 0.6) is 0 Å². The molecule has 0 saturated carbocycles. The molecule has 1 N–H and O–H groups in total. The summed E-state index contributed by atoms with van der Waals surface area (Å²) in [6, 6.07) is 6.00. The molecule has 0 aromatic heterocycles. The Balaban J connectivity index is 2.62. The molecule has 1 aromatic rings.